The fraction of sp³-hybridized carbons (Fsp3) is 0.391. The van der Waals surface area contributed by atoms with Gasteiger partial charge in [-0.15, -0.1) is 6.58 Å². The van der Waals surface area contributed by atoms with Gasteiger partial charge in [-0.25, -0.2) is 0 Å². The van der Waals surface area contributed by atoms with Crippen LogP contribution in [0.25, 0.3) is 0 Å². The van der Waals surface area contributed by atoms with Crippen LogP contribution in [0.15, 0.2) is 61.2 Å². The monoisotopic (exact) mass is 334 g/mol. The SMILES string of the molecule is C=C[C@@]1(O)CC[C@@]2(Cc3ccccc3)c3ccc(O)cc3CC[C@@H]2C1. The Hall–Kier alpha value is -2.06. The minimum absolute atomic E-state index is 0.0396. The second-order valence-electron chi connectivity index (χ2n) is 7.91. The third-order valence-electron chi connectivity index (χ3n) is 6.52. The van der Waals surface area contributed by atoms with Crippen molar-refractivity contribution in [3.8, 4) is 5.75 Å². The molecule has 2 aromatic rings. The van der Waals surface area contributed by atoms with E-state index < -0.39 is 5.60 Å². The van der Waals surface area contributed by atoms with Crippen LogP contribution < -0.4 is 0 Å². The summed E-state index contributed by atoms with van der Waals surface area (Å²) >= 11 is 0. The highest BCUT2D eigenvalue weighted by Gasteiger charge is 2.50. The third kappa shape index (κ3) is 2.79. The highest BCUT2D eigenvalue weighted by atomic mass is 16.3. The second-order valence-corrected chi connectivity index (χ2v) is 7.91. The molecule has 0 spiro atoms. The number of rotatable bonds is 3. The molecule has 2 aliphatic rings. The molecule has 0 unspecified atom stereocenters. The van der Waals surface area contributed by atoms with E-state index in [9.17, 15) is 10.2 Å². The highest BCUT2D eigenvalue weighted by Crippen LogP contribution is 2.54. The summed E-state index contributed by atoms with van der Waals surface area (Å²) in [6.45, 7) is 3.87. The van der Waals surface area contributed by atoms with E-state index in [1.165, 1.54) is 16.7 Å². The van der Waals surface area contributed by atoms with E-state index in [2.05, 4.69) is 43.0 Å². The van der Waals surface area contributed by atoms with Crippen LogP contribution in [0.3, 0.4) is 0 Å². The van der Waals surface area contributed by atoms with Gasteiger partial charge < -0.3 is 10.2 Å². The number of phenols is 1. The molecule has 1 saturated carbocycles. The van der Waals surface area contributed by atoms with Crippen molar-refractivity contribution in [2.75, 3.05) is 0 Å². The van der Waals surface area contributed by atoms with Crippen LogP contribution in [-0.2, 0) is 18.3 Å². The number of hydrogen-bond donors (Lipinski definition) is 2. The first-order valence-corrected chi connectivity index (χ1v) is 9.27. The van der Waals surface area contributed by atoms with Gasteiger partial charge in [0, 0.05) is 5.41 Å². The van der Waals surface area contributed by atoms with Crippen molar-refractivity contribution in [2.24, 2.45) is 5.92 Å². The number of benzene rings is 2. The van der Waals surface area contributed by atoms with Crippen molar-refractivity contribution < 1.29 is 10.2 Å². The van der Waals surface area contributed by atoms with Gasteiger partial charge in [0.05, 0.1) is 5.60 Å². The Morgan fingerprint density at radius 1 is 1.12 bits per heavy atom. The van der Waals surface area contributed by atoms with Crippen LogP contribution >= 0.6 is 0 Å². The molecule has 2 nitrogen and oxygen atoms in total. The minimum atomic E-state index is -0.737. The maximum absolute atomic E-state index is 10.8. The Bertz CT molecular complexity index is 782. The van der Waals surface area contributed by atoms with Crippen LogP contribution in [0.4, 0.5) is 0 Å². The maximum atomic E-state index is 10.8. The fourth-order valence-corrected chi connectivity index (χ4v) is 5.18. The van der Waals surface area contributed by atoms with E-state index in [1.807, 2.05) is 12.1 Å². The molecule has 130 valence electrons. The highest BCUT2D eigenvalue weighted by molar-refractivity contribution is 5.44. The molecule has 0 amide bonds. The van der Waals surface area contributed by atoms with Gasteiger partial charge in [0.2, 0.25) is 0 Å². The topological polar surface area (TPSA) is 40.5 Å². The van der Waals surface area contributed by atoms with Crippen molar-refractivity contribution in [2.45, 2.75) is 49.5 Å². The van der Waals surface area contributed by atoms with E-state index in [0.29, 0.717) is 11.7 Å². The Labute approximate surface area is 149 Å². The molecular formula is C23H26O2. The number of phenolic OH excluding ortho intramolecular Hbond substituents is 1. The van der Waals surface area contributed by atoms with Crippen molar-refractivity contribution in [3.63, 3.8) is 0 Å². The van der Waals surface area contributed by atoms with E-state index in [-0.39, 0.29) is 5.41 Å². The van der Waals surface area contributed by atoms with Gasteiger partial charge >= 0.3 is 0 Å². The molecule has 2 aromatic carbocycles. The van der Waals surface area contributed by atoms with Crippen molar-refractivity contribution in [1.29, 1.82) is 0 Å². The van der Waals surface area contributed by atoms with Crippen molar-refractivity contribution in [1.82, 2.24) is 0 Å². The molecule has 1 fully saturated rings. The van der Waals surface area contributed by atoms with Gasteiger partial charge in [0.25, 0.3) is 0 Å². The summed E-state index contributed by atoms with van der Waals surface area (Å²) in [5.41, 5.74) is 3.29. The van der Waals surface area contributed by atoms with Gasteiger partial charge in [-0.2, -0.15) is 0 Å². The maximum Gasteiger partial charge on any atom is 0.115 e. The smallest absolute Gasteiger partial charge is 0.115 e. The third-order valence-corrected chi connectivity index (χ3v) is 6.52. The van der Waals surface area contributed by atoms with E-state index >= 15 is 0 Å². The lowest BCUT2D eigenvalue weighted by atomic mass is 9.52. The van der Waals surface area contributed by atoms with Crippen molar-refractivity contribution in [3.05, 3.63) is 77.9 Å². The zero-order valence-electron chi connectivity index (χ0n) is 14.6. The Morgan fingerprint density at radius 3 is 2.68 bits per heavy atom. The molecule has 2 aliphatic carbocycles. The zero-order chi connectivity index (χ0) is 17.5. The molecule has 2 N–H and O–H groups in total. The number of aryl methyl sites for hydroxylation is 1. The summed E-state index contributed by atoms with van der Waals surface area (Å²) in [4.78, 5) is 0. The minimum Gasteiger partial charge on any atom is -0.508 e. The first-order chi connectivity index (χ1) is 12.0. The molecule has 4 rings (SSSR count). The lowest BCUT2D eigenvalue weighted by Gasteiger charge is -2.53. The molecular weight excluding hydrogens is 308 g/mol. The molecule has 0 bridgehead atoms. The number of aromatic hydroxyl groups is 1. The quantitative estimate of drug-likeness (QED) is 0.809. The van der Waals surface area contributed by atoms with Gasteiger partial charge in [-0.05, 0) is 73.3 Å². The summed E-state index contributed by atoms with van der Waals surface area (Å²) in [5, 5.41) is 20.8. The van der Waals surface area contributed by atoms with Crippen LogP contribution in [0.1, 0.15) is 42.4 Å². The summed E-state index contributed by atoms with van der Waals surface area (Å²) in [6.07, 6.45) is 7.24. The Morgan fingerprint density at radius 2 is 1.92 bits per heavy atom. The van der Waals surface area contributed by atoms with Crippen molar-refractivity contribution >= 4 is 0 Å². The predicted octanol–water partition coefficient (Wildman–Crippen LogP) is 4.54. The molecule has 0 saturated heterocycles. The number of aliphatic hydroxyl groups is 1. The van der Waals surface area contributed by atoms with Crippen LogP contribution in [0.5, 0.6) is 5.75 Å². The summed E-state index contributed by atoms with van der Waals surface area (Å²) < 4.78 is 0. The first-order valence-electron chi connectivity index (χ1n) is 9.27. The van der Waals surface area contributed by atoms with Crippen LogP contribution in [-0.4, -0.2) is 15.8 Å². The predicted molar refractivity (Wildman–Crippen MR) is 101 cm³/mol. The van der Waals surface area contributed by atoms with E-state index in [4.69, 9.17) is 0 Å². The van der Waals surface area contributed by atoms with E-state index in [1.54, 1.807) is 6.08 Å². The normalized spacial score (nSPS) is 31.0. The van der Waals surface area contributed by atoms with Crippen LogP contribution in [0.2, 0.25) is 0 Å². The van der Waals surface area contributed by atoms with Gasteiger partial charge in [-0.3, -0.25) is 0 Å². The molecule has 0 aromatic heterocycles. The Kier molecular flexibility index (Phi) is 3.96. The fourth-order valence-electron chi connectivity index (χ4n) is 5.18. The van der Waals surface area contributed by atoms with Gasteiger partial charge in [-0.1, -0.05) is 42.5 Å². The summed E-state index contributed by atoms with van der Waals surface area (Å²) in [6, 6.07) is 16.5. The molecule has 0 aliphatic heterocycles. The molecule has 0 heterocycles. The summed E-state index contributed by atoms with van der Waals surface area (Å²) in [7, 11) is 0. The van der Waals surface area contributed by atoms with Gasteiger partial charge in [0.15, 0.2) is 0 Å². The molecule has 2 heteroatoms. The Balaban J connectivity index is 1.80. The molecule has 25 heavy (non-hydrogen) atoms. The average Bonchev–Trinajstić information content (AvgIpc) is 2.63. The van der Waals surface area contributed by atoms with Gasteiger partial charge in [0.1, 0.15) is 5.75 Å². The largest absolute Gasteiger partial charge is 0.508 e. The number of hydrogen-bond acceptors (Lipinski definition) is 2. The molecule has 0 radical (unpaired) electrons. The zero-order valence-corrected chi connectivity index (χ0v) is 14.6. The molecule has 3 atom stereocenters. The van der Waals surface area contributed by atoms with Crippen LogP contribution in [0, 0.1) is 5.92 Å². The number of fused-ring (bicyclic) bond motifs is 3. The lowest BCUT2D eigenvalue weighted by Crippen LogP contribution is -2.50. The average molecular weight is 334 g/mol. The lowest BCUT2D eigenvalue weighted by molar-refractivity contribution is -0.0148. The second kappa shape index (κ2) is 6.03. The standard InChI is InChI=1S/C23H26O2/c1-2-22(25)12-13-23(15-17-6-4-3-5-7-17)19(16-22)9-8-18-14-20(24)10-11-21(18)23/h2-7,10-11,14,19,24-25H,1,8-9,12-13,15-16H2/t19-,22-,23+/m1/s1. The summed E-state index contributed by atoms with van der Waals surface area (Å²) in [5.74, 6) is 0.784. The van der Waals surface area contributed by atoms with E-state index in [0.717, 1.165) is 38.5 Å². The first kappa shape index (κ1) is 16.4.